The fourth-order valence-corrected chi connectivity index (χ4v) is 1.01. The molecule has 0 spiro atoms. The topological polar surface area (TPSA) is 38.9 Å². The molecule has 15 heavy (non-hydrogen) atoms. The Morgan fingerprint density at radius 1 is 1.33 bits per heavy atom. The second-order valence-electron chi connectivity index (χ2n) is 2.91. The minimum atomic E-state index is -4.77. The molecule has 2 N–H and O–H groups in total. The van der Waals surface area contributed by atoms with Crippen LogP contribution < -0.4 is 5.73 Å². The van der Waals surface area contributed by atoms with Crippen molar-refractivity contribution in [1.82, 2.24) is 4.98 Å². The molecule has 1 aromatic heterocycles. The summed E-state index contributed by atoms with van der Waals surface area (Å²) in [5.41, 5.74) is 2.39. The lowest BCUT2D eigenvalue weighted by atomic mass is 10.1. The molecule has 0 aliphatic heterocycles. The highest BCUT2D eigenvalue weighted by Crippen LogP contribution is 2.33. The first-order valence-electron chi connectivity index (χ1n) is 3.86. The highest BCUT2D eigenvalue weighted by molar-refractivity contribution is 5.49. The second-order valence-corrected chi connectivity index (χ2v) is 2.91. The molecule has 0 aliphatic rings. The lowest BCUT2D eigenvalue weighted by molar-refractivity contribution is -0.141. The second kappa shape index (κ2) is 3.63. The Labute approximate surface area is 81.9 Å². The number of rotatable bonds is 1. The van der Waals surface area contributed by atoms with E-state index in [9.17, 15) is 22.0 Å². The Kier molecular flexibility index (Phi) is 2.83. The van der Waals surface area contributed by atoms with Gasteiger partial charge in [-0.05, 0) is 18.6 Å². The minimum Gasteiger partial charge on any atom is -0.398 e. The Hall–Kier alpha value is -1.40. The zero-order valence-corrected chi connectivity index (χ0v) is 7.57. The summed E-state index contributed by atoms with van der Waals surface area (Å²) in [6.45, 7) is 1.20. The van der Waals surface area contributed by atoms with Crippen molar-refractivity contribution in [2.24, 2.45) is 0 Å². The molecule has 0 saturated carbocycles. The van der Waals surface area contributed by atoms with Gasteiger partial charge < -0.3 is 5.73 Å². The molecule has 0 atom stereocenters. The van der Waals surface area contributed by atoms with Crippen molar-refractivity contribution in [3.63, 3.8) is 0 Å². The molecule has 0 unspecified atom stereocenters. The number of alkyl halides is 5. The summed E-state index contributed by atoms with van der Waals surface area (Å²) in [5.74, 6) is 0. The molecule has 0 radical (unpaired) electrons. The molecule has 0 amide bonds. The van der Waals surface area contributed by atoms with Gasteiger partial charge in [0.15, 0.2) is 0 Å². The first kappa shape index (κ1) is 11.7. The third-order valence-electron chi connectivity index (χ3n) is 1.85. The van der Waals surface area contributed by atoms with Crippen molar-refractivity contribution < 1.29 is 22.0 Å². The third-order valence-corrected chi connectivity index (χ3v) is 1.85. The van der Waals surface area contributed by atoms with Crippen LogP contribution in [-0.2, 0) is 6.18 Å². The quantitative estimate of drug-likeness (QED) is 0.747. The number of hydrogen-bond acceptors (Lipinski definition) is 2. The van der Waals surface area contributed by atoms with Crippen LogP contribution in [-0.4, -0.2) is 4.98 Å². The van der Waals surface area contributed by atoms with Gasteiger partial charge in [-0.25, -0.2) is 13.8 Å². The van der Waals surface area contributed by atoms with Crippen molar-refractivity contribution in [1.29, 1.82) is 0 Å². The van der Waals surface area contributed by atoms with Crippen LogP contribution in [0.2, 0.25) is 0 Å². The van der Waals surface area contributed by atoms with Crippen LogP contribution in [0.1, 0.15) is 23.4 Å². The van der Waals surface area contributed by atoms with Gasteiger partial charge >= 0.3 is 6.18 Å². The molecule has 0 aliphatic carbocycles. The SMILES string of the molecule is Cc1c(N)cc(C(F)(F)F)nc1C(F)F. The monoisotopic (exact) mass is 226 g/mol. The van der Waals surface area contributed by atoms with Gasteiger partial charge in [0.1, 0.15) is 11.4 Å². The molecule has 1 heterocycles. The minimum absolute atomic E-state index is 0.127. The predicted octanol–water partition coefficient (Wildman–Crippen LogP) is 2.93. The normalized spacial score (nSPS) is 12.2. The zero-order valence-electron chi connectivity index (χ0n) is 7.57. The Balaban J connectivity index is 3.36. The van der Waals surface area contributed by atoms with Crippen LogP contribution in [0.25, 0.3) is 0 Å². The smallest absolute Gasteiger partial charge is 0.398 e. The Morgan fingerprint density at radius 2 is 1.87 bits per heavy atom. The standard InChI is InChI=1S/C8H7F5N2/c1-3-4(14)2-5(8(11,12)13)15-6(3)7(9)10/h2,7H,1H3,(H2,14,15). The maximum atomic E-state index is 12.3. The molecule has 0 fully saturated rings. The van der Waals surface area contributed by atoms with E-state index in [1.165, 1.54) is 6.92 Å². The largest absolute Gasteiger partial charge is 0.433 e. The van der Waals surface area contributed by atoms with Gasteiger partial charge in [-0.2, -0.15) is 13.2 Å². The van der Waals surface area contributed by atoms with E-state index in [-0.39, 0.29) is 11.3 Å². The highest BCUT2D eigenvalue weighted by Gasteiger charge is 2.34. The van der Waals surface area contributed by atoms with Crippen LogP contribution in [0.5, 0.6) is 0 Å². The van der Waals surface area contributed by atoms with Crippen molar-refractivity contribution in [2.75, 3.05) is 5.73 Å². The fourth-order valence-electron chi connectivity index (χ4n) is 1.01. The zero-order chi connectivity index (χ0) is 11.8. The molecule has 2 nitrogen and oxygen atoms in total. The van der Waals surface area contributed by atoms with E-state index in [1.54, 1.807) is 0 Å². The molecular formula is C8H7F5N2. The maximum Gasteiger partial charge on any atom is 0.433 e. The van der Waals surface area contributed by atoms with Gasteiger partial charge in [0.2, 0.25) is 0 Å². The highest BCUT2D eigenvalue weighted by atomic mass is 19.4. The lowest BCUT2D eigenvalue weighted by Crippen LogP contribution is -2.12. The van der Waals surface area contributed by atoms with Crippen LogP contribution >= 0.6 is 0 Å². The summed E-state index contributed by atoms with van der Waals surface area (Å²) in [4.78, 5) is 2.85. The van der Waals surface area contributed by atoms with Gasteiger partial charge in [-0.1, -0.05) is 0 Å². The van der Waals surface area contributed by atoms with Gasteiger partial charge in [0.05, 0.1) is 0 Å². The first-order valence-corrected chi connectivity index (χ1v) is 3.86. The van der Waals surface area contributed by atoms with Crippen LogP contribution in [0.4, 0.5) is 27.6 Å². The van der Waals surface area contributed by atoms with Crippen LogP contribution in [0.3, 0.4) is 0 Å². The van der Waals surface area contributed by atoms with Gasteiger partial charge in [0, 0.05) is 5.69 Å². The number of aromatic nitrogens is 1. The van der Waals surface area contributed by atoms with E-state index in [4.69, 9.17) is 5.73 Å². The van der Waals surface area contributed by atoms with E-state index >= 15 is 0 Å². The number of halogens is 5. The van der Waals surface area contributed by atoms with Gasteiger partial charge in [-0.3, -0.25) is 0 Å². The van der Waals surface area contributed by atoms with Gasteiger partial charge in [-0.15, -0.1) is 0 Å². The van der Waals surface area contributed by atoms with Crippen molar-refractivity contribution in [3.8, 4) is 0 Å². The molecule has 0 saturated heterocycles. The Bertz CT molecular complexity index is 372. The van der Waals surface area contributed by atoms with E-state index in [2.05, 4.69) is 4.98 Å². The maximum absolute atomic E-state index is 12.3. The summed E-state index contributed by atoms with van der Waals surface area (Å²) in [7, 11) is 0. The van der Waals surface area contributed by atoms with Crippen molar-refractivity contribution in [2.45, 2.75) is 19.5 Å². The summed E-state index contributed by atoms with van der Waals surface area (Å²) >= 11 is 0. The molecule has 7 heteroatoms. The number of hydrogen-bond donors (Lipinski definition) is 1. The molecule has 1 aromatic rings. The summed E-state index contributed by atoms with van der Waals surface area (Å²) in [6, 6.07) is 0.543. The molecular weight excluding hydrogens is 219 g/mol. The molecule has 0 bridgehead atoms. The predicted molar refractivity (Wildman–Crippen MR) is 43.3 cm³/mol. The first-order chi connectivity index (χ1) is 6.73. The van der Waals surface area contributed by atoms with E-state index in [1.807, 2.05) is 0 Å². The summed E-state index contributed by atoms with van der Waals surface area (Å²) in [6.07, 6.45) is -7.85. The summed E-state index contributed by atoms with van der Waals surface area (Å²) < 4.78 is 61.1. The summed E-state index contributed by atoms with van der Waals surface area (Å²) in [5, 5.41) is 0. The number of anilines is 1. The number of pyridine rings is 1. The fraction of sp³-hybridized carbons (Fsp3) is 0.375. The van der Waals surface area contributed by atoms with E-state index < -0.39 is 24.0 Å². The molecule has 1 rings (SSSR count). The average Bonchev–Trinajstić information content (AvgIpc) is 2.06. The number of nitrogen functional groups attached to an aromatic ring is 1. The molecule has 0 aromatic carbocycles. The number of nitrogens with zero attached hydrogens (tertiary/aromatic N) is 1. The number of nitrogens with two attached hydrogens (primary N) is 1. The van der Waals surface area contributed by atoms with Crippen molar-refractivity contribution in [3.05, 3.63) is 23.0 Å². The van der Waals surface area contributed by atoms with Crippen LogP contribution in [0, 0.1) is 6.92 Å². The lowest BCUT2D eigenvalue weighted by Gasteiger charge is -2.12. The van der Waals surface area contributed by atoms with Gasteiger partial charge in [0.25, 0.3) is 6.43 Å². The third kappa shape index (κ3) is 2.34. The van der Waals surface area contributed by atoms with Crippen LogP contribution in [0.15, 0.2) is 6.07 Å². The average molecular weight is 226 g/mol. The van der Waals surface area contributed by atoms with Crippen molar-refractivity contribution >= 4 is 5.69 Å². The molecule has 84 valence electrons. The van der Waals surface area contributed by atoms with E-state index in [0.29, 0.717) is 6.07 Å². The van der Waals surface area contributed by atoms with E-state index in [0.717, 1.165) is 0 Å². The Morgan fingerprint density at radius 3 is 2.27 bits per heavy atom.